The van der Waals surface area contributed by atoms with Gasteiger partial charge in [-0.2, -0.15) is 0 Å². The van der Waals surface area contributed by atoms with Crippen molar-refractivity contribution < 1.29 is 4.79 Å². The maximum absolute atomic E-state index is 12.5. The van der Waals surface area contributed by atoms with E-state index in [4.69, 9.17) is 5.73 Å². The lowest BCUT2D eigenvalue weighted by atomic mass is 9.87. The van der Waals surface area contributed by atoms with Crippen molar-refractivity contribution in [3.63, 3.8) is 0 Å². The molecule has 102 valence electrons. The molecule has 0 rings (SSSR count). The van der Waals surface area contributed by atoms with Gasteiger partial charge >= 0.3 is 0 Å². The van der Waals surface area contributed by atoms with Gasteiger partial charge in [0, 0.05) is 18.5 Å². The molecule has 2 N–H and O–H groups in total. The number of hydrogen-bond acceptors (Lipinski definition) is 2. The summed E-state index contributed by atoms with van der Waals surface area (Å²) in [5.41, 5.74) is 5.25. The van der Waals surface area contributed by atoms with E-state index in [0.717, 1.165) is 19.5 Å². The van der Waals surface area contributed by atoms with Crippen LogP contribution in [-0.4, -0.2) is 30.4 Å². The smallest absolute Gasteiger partial charge is 0.228 e. The Balaban J connectivity index is 4.72. The van der Waals surface area contributed by atoms with Gasteiger partial charge in [-0.3, -0.25) is 4.79 Å². The molecule has 0 heterocycles. The molecule has 0 aromatic carbocycles. The Labute approximate surface area is 107 Å². The first-order valence-electron chi connectivity index (χ1n) is 6.70. The van der Waals surface area contributed by atoms with E-state index in [1.807, 2.05) is 18.7 Å². The third kappa shape index (κ3) is 6.06. The summed E-state index contributed by atoms with van der Waals surface area (Å²) in [7, 11) is 0. The van der Waals surface area contributed by atoms with E-state index in [1.54, 1.807) is 0 Å². The summed E-state index contributed by atoms with van der Waals surface area (Å²) in [6, 6.07) is 0. The van der Waals surface area contributed by atoms with E-state index in [0.29, 0.717) is 18.4 Å². The van der Waals surface area contributed by atoms with E-state index in [9.17, 15) is 4.79 Å². The molecular weight excluding hydrogens is 212 g/mol. The molecule has 0 aliphatic heterocycles. The summed E-state index contributed by atoms with van der Waals surface area (Å²) >= 11 is 0. The molecule has 0 radical (unpaired) electrons. The highest BCUT2D eigenvalue weighted by atomic mass is 16.2. The van der Waals surface area contributed by atoms with Crippen LogP contribution in [-0.2, 0) is 4.79 Å². The minimum Gasteiger partial charge on any atom is -0.342 e. The molecule has 0 fully saturated rings. The minimum absolute atomic E-state index is 0.241. The number of carbonyl (C=O) groups excluding carboxylic acids is 1. The molecule has 3 nitrogen and oxygen atoms in total. The second-order valence-corrected chi connectivity index (χ2v) is 6.42. The van der Waals surface area contributed by atoms with Crippen molar-refractivity contribution in [2.24, 2.45) is 23.0 Å². The number of nitrogens with zero attached hydrogens (tertiary/aromatic N) is 1. The van der Waals surface area contributed by atoms with E-state index in [2.05, 4.69) is 27.7 Å². The van der Waals surface area contributed by atoms with Crippen molar-refractivity contribution in [2.45, 2.75) is 48.0 Å². The number of amides is 1. The van der Waals surface area contributed by atoms with Crippen LogP contribution in [0.5, 0.6) is 0 Å². The topological polar surface area (TPSA) is 46.3 Å². The van der Waals surface area contributed by atoms with Crippen LogP contribution in [0.25, 0.3) is 0 Å². The van der Waals surface area contributed by atoms with Gasteiger partial charge in [-0.1, -0.05) is 41.5 Å². The van der Waals surface area contributed by atoms with Crippen LogP contribution in [0.2, 0.25) is 0 Å². The fourth-order valence-electron chi connectivity index (χ4n) is 2.02. The molecule has 0 saturated carbocycles. The van der Waals surface area contributed by atoms with Gasteiger partial charge in [-0.25, -0.2) is 0 Å². The lowest BCUT2D eigenvalue weighted by Crippen LogP contribution is -2.45. The highest BCUT2D eigenvalue weighted by molar-refractivity contribution is 5.82. The van der Waals surface area contributed by atoms with Crippen LogP contribution >= 0.6 is 0 Å². The third-order valence-corrected chi connectivity index (χ3v) is 2.81. The van der Waals surface area contributed by atoms with Gasteiger partial charge in [0.15, 0.2) is 0 Å². The summed E-state index contributed by atoms with van der Waals surface area (Å²) < 4.78 is 0. The van der Waals surface area contributed by atoms with Crippen LogP contribution in [0, 0.1) is 17.3 Å². The second-order valence-electron chi connectivity index (χ2n) is 6.42. The number of nitrogens with two attached hydrogens (primary N) is 1. The fraction of sp³-hybridized carbons (Fsp3) is 0.929. The van der Waals surface area contributed by atoms with Crippen LogP contribution in [0.3, 0.4) is 0 Å². The highest BCUT2D eigenvalue weighted by Gasteiger charge is 2.31. The maximum Gasteiger partial charge on any atom is 0.228 e. The van der Waals surface area contributed by atoms with Crippen molar-refractivity contribution in [1.82, 2.24) is 4.90 Å². The first kappa shape index (κ1) is 16.4. The minimum atomic E-state index is -0.335. The average molecular weight is 242 g/mol. The van der Waals surface area contributed by atoms with E-state index >= 15 is 0 Å². The van der Waals surface area contributed by atoms with Gasteiger partial charge in [0.25, 0.3) is 0 Å². The Bertz CT molecular complexity index is 224. The lowest BCUT2D eigenvalue weighted by molar-refractivity contribution is -0.141. The SMILES string of the molecule is CC(C)CN(CC(C)C)C(=O)C(C)(C)CCN. The maximum atomic E-state index is 12.5. The van der Waals surface area contributed by atoms with Gasteiger partial charge in [0.1, 0.15) is 0 Å². The molecule has 0 aliphatic carbocycles. The first-order chi connectivity index (χ1) is 7.70. The molecule has 1 amide bonds. The summed E-state index contributed by atoms with van der Waals surface area (Å²) in [4.78, 5) is 14.5. The molecular formula is C14H30N2O. The molecule has 0 atom stereocenters. The Morgan fingerprint density at radius 2 is 1.53 bits per heavy atom. The number of carbonyl (C=O) groups is 1. The molecule has 0 aromatic rings. The van der Waals surface area contributed by atoms with Crippen LogP contribution < -0.4 is 5.73 Å². The first-order valence-corrected chi connectivity index (χ1v) is 6.70. The molecule has 17 heavy (non-hydrogen) atoms. The summed E-state index contributed by atoms with van der Waals surface area (Å²) in [6.07, 6.45) is 0.749. The van der Waals surface area contributed by atoms with Gasteiger partial charge in [-0.05, 0) is 24.8 Å². The van der Waals surface area contributed by atoms with Crippen LogP contribution in [0.4, 0.5) is 0 Å². The largest absolute Gasteiger partial charge is 0.342 e. The van der Waals surface area contributed by atoms with Crippen molar-refractivity contribution in [3.05, 3.63) is 0 Å². The summed E-state index contributed by atoms with van der Waals surface area (Å²) in [6.45, 7) is 14.8. The predicted octanol–water partition coefficient (Wildman–Crippen LogP) is 2.50. The Hall–Kier alpha value is -0.570. The molecule has 0 aliphatic rings. The molecule has 0 bridgehead atoms. The lowest BCUT2D eigenvalue weighted by Gasteiger charge is -2.34. The molecule has 0 unspecified atom stereocenters. The molecule has 0 saturated heterocycles. The zero-order valence-electron chi connectivity index (χ0n) is 12.4. The quantitative estimate of drug-likeness (QED) is 0.745. The third-order valence-electron chi connectivity index (χ3n) is 2.81. The fourth-order valence-corrected chi connectivity index (χ4v) is 2.02. The zero-order valence-corrected chi connectivity index (χ0v) is 12.4. The number of rotatable bonds is 7. The van der Waals surface area contributed by atoms with Crippen molar-refractivity contribution in [2.75, 3.05) is 19.6 Å². The van der Waals surface area contributed by atoms with Crippen molar-refractivity contribution in [1.29, 1.82) is 0 Å². The summed E-state index contributed by atoms with van der Waals surface area (Å²) in [5, 5.41) is 0. The van der Waals surface area contributed by atoms with Gasteiger partial charge in [0.2, 0.25) is 5.91 Å². The van der Waals surface area contributed by atoms with Crippen molar-refractivity contribution in [3.8, 4) is 0 Å². The van der Waals surface area contributed by atoms with E-state index < -0.39 is 0 Å². The van der Waals surface area contributed by atoms with Crippen LogP contribution in [0.1, 0.15) is 48.0 Å². The van der Waals surface area contributed by atoms with Gasteiger partial charge in [-0.15, -0.1) is 0 Å². The molecule has 0 spiro atoms. The average Bonchev–Trinajstić information content (AvgIpc) is 2.13. The summed E-state index contributed by atoms with van der Waals surface area (Å²) in [5.74, 6) is 1.25. The molecule has 3 heteroatoms. The Kier molecular flexibility index (Phi) is 6.76. The van der Waals surface area contributed by atoms with E-state index in [1.165, 1.54) is 0 Å². The predicted molar refractivity (Wildman–Crippen MR) is 73.7 cm³/mol. The van der Waals surface area contributed by atoms with Gasteiger partial charge < -0.3 is 10.6 Å². The number of hydrogen-bond donors (Lipinski definition) is 1. The Morgan fingerprint density at radius 3 is 1.82 bits per heavy atom. The zero-order chi connectivity index (χ0) is 13.6. The van der Waals surface area contributed by atoms with Gasteiger partial charge in [0.05, 0.1) is 0 Å². The van der Waals surface area contributed by atoms with Crippen molar-refractivity contribution >= 4 is 5.91 Å². The highest BCUT2D eigenvalue weighted by Crippen LogP contribution is 2.24. The van der Waals surface area contributed by atoms with E-state index in [-0.39, 0.29) is 11.3 Å². The monoisotopic (exact) mass is 242 g/mol. The Morgan fingerprint density at radius 1 is 1.12 bits per heavy atom. The standard InChI is InChI=1S/C14H30N2O/c1-11(2)9-16(10-12(3)4)13(17)14(5,6)7-8-15/h11-12H,7-10,15H2,1-6H3. The second kappa shape index (κ2) is 7.00. The molecule has 0 aromatic heterocycles. The van der Waals surface area contributed by atoms with Crippen LogP contribution in [0.15, 0.2) is 0 Å². The normalized spacial score (nSPS) is 12.3.